The lowest BCUT2D eigenvalue weighted by Gasteiger charge is -2.18. The fourth-order valence-corrected chi connectivity index (χ4v) is 1.92. The van der Waals surface area contributed by atoms with Gasteiger partial charge in [-0.25, -0.2) is 4.98 Å². The number of aromatic nitrogens is 2. The number of rotatable bonds is 3. The third kappa shape index (κ3) is 1.86. The van der Waals surface area contributed by atoms with E-state index in [0.717, 1.165) is 5.69 Å². The van der Waals surface area contributed by atoms with Crippen molar-refractivity contribution in [3.63, 3.8) is 0 Å². The first-order valence-electron chi connectivity index (χ1n) is 5.49. The van der Waals surface area contributed by atoms with Crippen molar-refractivity contribution in [2.75, 3.05) is 6.54 Å². The Morgan fingerprint density at radius 3 is 2.44 bits per heavy atom. The summed E-state index contributed by atoms with van der Waals surface area (Å²) >= 11 is 0. The summed E-state index contributed by atoms with van der Waals surface area (Å²) in [6, 6.07) is 10.5. The summed E-state index contributed by atoms with van der Waals surface area (Å²) in [6.07, 6.45) is 1.87. The van der Waals surface area contributed by atoms with Crippen LogP contribution >= 0.6 is 0 Å². The Hall–Kier alpha value is -1.61. The van der Waals surface area contributed by atoms with Crippen molar-refractivity contribution in [2.45, 2.75) is 19.9 Å². The third-order valence-corrected chi connectivity index (χ3v) is 3.03. The number of imidazole rings is 1. The predicted octanol–water partition coefficient (Wildman–Crippen LogP) is 2.05. The van der Waals surface area contributed by atoms with Gasteiger partial charge < -0.3 is 10.3 Å². The van der Waals surface area contributed by atoms with Gasteiger partial charge in [0.1, 0.15) is 0 Å². The van der Waals surface area contributed by atoms with Gasteiger partial charge in [-0.1, -0.05) is 30.3 Å². The molecule has 16 heavy (non-hydrogen) atoms. The first-order valence-corrected chi connectivity index (χ1v) is 5.49. The van der Waals surface area contributed by atoms with Crippen molar-refractivity contribution < 1.29 is 0 Å². The molecule has 2 aromatic rings. The summed E-state index contributed by atoms with van der Waals surface area (Å²) in [6.45, 7) is 4.68. The molecule has 3 heteroatoms. The highest BCUT2D eigenvalue weighted by molar-refractivity contribution is 5.22. The highest BCUT2D eigenvalue weighted by Crippen LogP contribution is 2.19. The second-order valence-electron chi connectivity index (χ2n) is 3.98. The Morgan fingerprint density at radius 1 is 1.25 bits per heavy atom. The Kier molecular flexibility index (Phi) is 3.06. The van der Waals surface area contributed by atoms with Crippen molar-refractivity contribution >= 4 is 0 Å². The lowest BCUT2D eigenvalue weighted by molar-refractivity contribution is 0.580. The second kappa shape index (κ2) is 4.49. The zero-order chi connectivity index (χ0) is 11.5. The topological polar surface area (TPSA) is 43.8 Å². The van der Waals surface area contributed by atoms with Crippen LogP contribution in [0, 0.1) is 13.8 Å². The second-order valence-corrected chi connectivity index (χ2v) is 3.98. The highest BCUT2D eigenvalue weighted by atomic mass is 15.1. The molecule has 1 aromatic carbocycles. The van der Waals surface area contributed by atoms with Gasteiger partial charge in [0, 0.05) is 12.2 Å². The maximum Gasteiger partial charge on any atom is 0.0957 e. The zero-order valence-corrected chi connectivity index (χ0v) is 9.72. The molecule has 0 saturated heterocycles. The van der Waals surface area contributed by atoms with Crippen LogP contribution < -0.4 is 5.73 Å². The van der Waals surface area contributed by atoms with Crippen LogP contribution in [0.5, 0.6) is 0 Å². The molecular formula is C13H17N3. The Labute approximate surface area is 95.9 Å². The van der Waals surface area contributed by atoms with E-state index in [1.165, 1.54) is 11.3 Å². The summed E-state index contributed by atoms with van der Waals surface area (Å²) in [5.74, 6) is 0. The van der Waals surface area contributed by atoms with Crippen molar-refractivity contribution in [1.29, 1.82) is 0 Å². The summed E-state index contributed by atoms with van der Waals surface area (Å²) in [5.41, 5.74) is 9.34. The van der Waals surface area contributed by atoms with E-state index < -0.39 is 0 Å². The first-order chi connectivity index (χ1) is 7.74. The molecule has 1 atom stereocenters. The normalized spacial score (nSPS) is 12.7. The van der Waals surface area contributed by atoms with Gasteiger partial charge in [-0.05, 0) is 19.4 Å². The zero-order valence-electron chi connectivity index (χ0n) is 9.72. The molecule has 0 saturated carbocycles. The number of hydrogen-bond acceptors (Lipinski definition) is 2. The summed E-state index contributed by atoms with van der Waals surface area (Å²) in [5, 5.41) is 0. The van der Waals surface area contributed by atoms with E-state index in [-0.39, 0.29) is 6.04 Å². The third-order valence-electron chi connectivity index (χ3n) is 3.03. The van der Waals surface area contributed by atoms with E-state index in [1.807, 2.05) is 31.5 Å². The Bertz CT molecular complexity index is 459. The van der Waals surface area contributed by atoms with Gasteiger partial charge >= 0.3 is 0 Å². The quantitative estimate of drug-likeness (QED) is 0.851. The van der Waals surface area contributed by atoms with Crippen molar-refractivity contribution in [3.05, 3.63) is 53.6 Å². The van der Waals surface area contributed by atoms with Crippen molar-refractivity contribution in [1.82, 2.24) is 9.55 Å². The monoisotopic (exact) mass is 215 g/mol. The minimum atomic E-state index is 0.183. The molecule has 0 aliphatic carbocycles. The molecule has 0 spiro atoms. The molecule has 1 aromatic heterocycles. The molecule has 84 valence electrons. The summed E-state index contributed by atoms with van der Waals surface area (Å²) < 4.78 is 2.14. The van der Waals surface area contributed by atoms with E-state index in [1.54, 1.807) is 0 Å². The van der Waals surface area contributed by atoms with Crippen molar-refractivity contribution in [3.8, 4) is 0 Å². The van der Waals surface area contributed by atoms with Crippen LogP contribution in [0.4, 0.5) is 0 Å². The molecule has 0 radical (unpaired) electrons. The number of nitrogens with zero attached hydrogens (tertiary/aromatic N) is 2. The molecule has 2 rings (SSSR count). The van der Waals surface area contributed by atoms with Gasteiger partial charge in [0.15, 0.2) is 0 Å². The lowest BCUT2D eigenvalue weighted by atomic mass is 10.1. The van der Waals surface area contributed by atoms with Gasteiger partial charge in [0.25, 0.3) is 0 Å². The average Bonchev–Trinajstić information content (AvgIpc) is 2.64. The molecule has 1 unspecified atom stereocenters. The number of benzene rings is 1. The number of aryl methyl sites for hydroxylation is 1. The SMILES string of the molecule is Cc1ncn(C(CN)c2ccccc2)c1C. The predicted molar refractivity (Wildman–Crippen MR) is 65.3 cm³/mol. The van der Waals surface area contributed by atoms with Crippen LogP contribution in [0.1, 0.15) is 23.0 Å². The van der Waals surface area contributed by atoms with Crippen LogP contribution in [0.2, 0.25) is 0 Å². The molecule has 0 fully saturated rings. The maximum atomic E-state index is 5.87. The molecule has 0 aliphatic heterocycles. The molecule has 1 heterocycles. The fourth-order valence-electron chi connectivity index (χ4n) is 1.92. The number of nitrogens with two attached hydrogens (primary N) is 1. The minimum absolute atomic E-state index is 0.183. The smallest absolute Gasteiger partial charge is 0.0957 e. The van der Waals surface area contributed by atoms with Crippen LogP contribution in [0.15, 0.2) is 36.7 Å². The molecule has 0 amide bonds. The highest BCUT2D eigenvalue weighted by Gasteiger charge is 2.14. The van der Waals surface area contributed by atoms with Crippen molar-refractivity contribution in [2.24, 2.45) is 5.73 Å². The molecule has 2 N–H and O–H groups in total. The summed E-state index contributed by atoms with van der Waals surface area (Å²) in [7, 11) is 0. The molecular weight excluding hydrogens is 198 g/mol. The average molecular weight is 215 g/mol. The van der Waals surface area contributed by atoms with Crippen LogP contribution in [0.25, 0.3) is 0 Å². The first kappa shape index (κ1) is 10.9. The fraction of sp³-hybridized carbons (Fsp3) is 0.308. The summed E-state index contributed by atoms with van der Waals surface area (Å²) in [4.78, 5) is 4.32. The van der Waals surface area contributed by atoms with Gasteiger partial charge in [-0.3, -0.25) is 0 Å². The molecule has 0 bridgehead atoms. The Balaban J connectivity index is 2.41. The van der Waals surface area contributed by atoms with E-state index in [2.05, 4.69) is 28.6 Å². The van der Waals surface area contributed by atoms with Gasteiger partial charge in [-0.15, -0.1) is 0 Å². The van der Waals surface area contributed by atoms with Gasteiger partial charge in [-0.2, -0.15) is 0 Å². The van der Waals surface area contributed by atoms with Crippen LogP contribution in [-0.4, -0.2) is 16.1 Å². The van der Waals surface area contributed by atoms with Crippen LogP contribution in [-0.2, 0) is 0 Å². The van der Waals surface area contributed by atoms with Crippen LogP contribution in [0.3, 0.4) is 0 Å². The molecule has 3 nitrogen and oxygen atoms in total. The van der Waals surface area contributed by atoms with E-state index in [9.17, 15) is 0 Å². The van der Waals surface area contributed by atoms with E-state index in [4.69, 9.17) is 5.73 Å². The largest absolute Gasteiger partial charge is 0.328 e. The number of hydrogen-bond donors (Lipinski definition) is 1. The van der Waals surface area contributed by atoms with E-state index in [0.29, 0.717) is 6.54 Å². The standard InChI is InChI=1S/C13H17N3/c1-10-11(2)16(9-15-10)13(8-14)12-6-4-3-5-7-12/h3-7,9,13H,8,14H2,1-2H3. The Morgan fingerprint density at radius 2 is 1.94 bits per heavy atom. The molecule has 0 aliphatic rings. The minimum Gasteiger partial charge on any atom is -0.328 e. The van der Waals surface area contributed by atoms with E-state index >= 15 is 0 Å². The lowest BCUT2D eigenvalue weighted by Crippen LogP contribution is -2.20. The van der Waals surface area contributed by atoms with Gasteiger partial charge in [0.05, 0.1) is 18.1 Å². The van der Waals surface area contributed by atoms with Gasteiger partial charge in [0.2, 0.25) is 0 Å². The maximum absolute atomic E-state index is 5.87.